The highest BCUT2D eigenvalue weighted by atomic mass is 19.1. The maximum atomic E-state index is 13.0. The lowest BCUT2D eigenvalue weighted by Crippen LogP contribution is -2.47. The zero-order valence-corrected chi connectivity index (χ0v) is 12.4. The summed E-state index contributed by atoms with van der Waals surface area (Å²) in [5.41, 5.74) is -0.896. The first-order valence-electron chi connectivity index (χ1n) is 6.83. The SMILES string of the molecule is CCC(C)C(C)(O)CNC(=O)C(=O)Nc1cccc(F)c1. The van der Waals surface area contributed by atoms with Crippen molar-refractivity contribution in [2.24, 2.45) is 5.92 Å². The van der Waals surface area contributed by atoms with Crippen LogP contribution in [0.4, 0.5) is 10.1 Å². The van der Waals surface area contributed by atoms with Crippen LogP contribution in [0, 0.1) is 11.7 Å². The first kappa shape index (κ1) is 17.1. The number of nitrogens with one attached hydrogen (secondary N) is 2. The van der Waals surface area contributed by atoms with Crippen molar-refractivity contribution in [3.05, 3.63) is 30.1 Å². The highest BCUT2D eigenvalue weighted by molar-refractivity contribution is 6.39. The Bertz CT molecular complexity index is 517. The van der Waals surface area contributed by atoms with Gasteiger partial charge in [-0.25, -0.2) is 4.39 Å². The summed E-state index contributed by atoms with van der Waals surface area (Å²) in [4.78, 5) is 23.3. The molecule has 1 rings (SSSR count). The lowest BCUT2D eigenvalue weighted by atomic mass is 9.89. The molecule has 0 saturated heterocycles. The van der Waals surface area contributed by atoms with E-state index in [1.54, 1.807) is 6.92 Å². The van der Waals surface area contributed by atoms with Gasteiger partial charge >= 0.3 is 11.8 Å². The standard InChI is InChI=1S/C15H21FN2O3/c1-4-10(2)15(3,21)9-17-13(19)14(20)18-12-7-5-6-11(16)8-12/h5-8,10,21H,4,9H2,1-3H3,(H,17,19)(H,18,20). The van der Waals surface area contributed by atoms with Gasteiger partial charge in [-0.1, -0.05) is 26.3 Å². The summed E-state index contributed by atoms with van der Waals surface area (Å²) >= 11 is 0. The Morgan fingerprint density at radius 1 is 1.38 bits per heavy atom. The van der Waals surface area contributed by atoms with Crippen LogP contribution < -0.4 is 10.6 Å². The zero-order chi connectivity index (χ0) is 16.0. The van der Waals surface area contributed by atoms with Crippen LogP contribution in [0.1, 0.15) is 27.2 Å². The average Bonchev–Trinajstić information content (AvgIpc) is 2.43. The molecular formula is C15H21FN2O3. The van der Waals surface area contributed by atoms with Crippen LogP contribution in [-0.4, -0.2) is 29.1 Å². The molecule has 2 atom stereocenters. The number of halogens is 1. The van der Waals surface area contributed by atoms with Crippen LogP contribution in [0.5, 0.6) is 0 Å². The quantitative estimate of drug-likeness (QED) is 0.723. The molecule has 6 heteroatoms. The Kier molecular flexibility index (Phi) is 5.84. The van der Waals surface area contributed by atoms with Crippen LogP contribution in [0.15, 0.2) is 24.3 Å². The molecule has 0 heterocycles. The van der Waals surface area contributed by atoms with Gasteiger partial charge in [0.15, 0.2) is 0 Å². The number of hydrogen-bond donors (Lipinski definition) is 3. The molecule has 2 amide bonds. The van der Waals surface area contributed by atoms with Gasteiger partial charge < -0.3 is 15.7 Å². The number of carbonyl (C=O) groups excluding carboxylic acids is 2. The first-order valence-corrected chi connectivity index (χ1v) is 6.83. The monoisotopic (exact) mass is 296 g/mol. The summed E-state index contributed by atoms with van der Waals surface area (Å²) in [5, 5.41) is 14.8. The average molecular weight is 296 g/mol. The van der Waals surface area contributed by atoms with Crippen molar-refractivity contribution in [2.45, 2.75) is 32.8 Å². The maximum absolute atomic E-state index is 13.0. The lowest BCUT2D eigenvalue weighted by Gasteiger charge is -2.29. The summed E-state index contributed by atoms with van der Waals surface area (Å²) in [5.74, 6) is -2.31. The number of rotatable bonds is 5. The Hall–Kier alpha value is -1.95. The number of anilines is 1. The summed E-state index contributed by atoms with van der Waals surface area (Å²) in [6.45, 7) is 5.36. The predicted molar refractivity (Wildman–Crippen MR) is 78.1 cm³/mol. The number of aliphatic hydroxyl groups is 1. The third kappa shape index (κ3) is 5.15. The molecule has 0 aromatic heterocycles. The molecule has 0 aliphatic rings. The fourth-order valence-corrected chi connectivity index (χ4v) is 1.71. The van der Waals surface area contributed by atoms with Gasteiger partial charge in [0.1, 0.15) is 5.82 Å². The molecule has 2 unspecified atom stereocenters. The molecule has 0 radical (unpaired) electrons. The third-order valence-electron chi connectivity index (χ3n) is 3.57. The molecule has 0 aliphatic carbocycles. The molecule has 3 N–H and O–H groups in total. The summed E-state index contributed by atoms with van der Waals surface area (Å²) in [7, 11) is 0. The van der Waals surface area contributed by atoms with E-state index in [0.717, 1.165) is 12.5 Å². The van der Waals surface area contributed by atoms with Gasteiger partial charge in [0.25, 0.3) is 0 Å². The van der Waals surface area contributed by atoms with E-state index < -0.39 is 23.2 Å². The Labute approximate surface area is 123 Å². The molecule has 0 saturated carbocycles. The van der Waals surface area contributed by atoms with E-state index in [1.807, 2.05) is 13.8 Å². The summed E-state index contributed by atoms with van der Waals surface area (Å²) < 4.78 is 13.0. The van der Waals surface area contributed by atoms with E-state index in [9.17, 15) is 19.1 Å². The fourth-order valence-electron chi connectivity index (χ4n) is 1.71. The number of benzene rings is 1. The molecule has 0 spiro atoms. The third-order valence-corrected chi connectivity index (χ3v) is 3.57. The first-order chi connectivity index (χ1) is 9.76. The second-order valence-corrected chi connectivity index (χ2v) is 5.31. The largest absolute Gasteiger partial charge is 0.388 e. The van der Waals surface area contributed by atoms with Gasteiger partial charge in [-0.05, 0) is 31.0 Å². The molecule has 1 aromatic rings. The molecule has 0 fully saturated rings. The summed E-state index contributed by atoms with van der Waals surface area (Å²) in [6.07, 6.45) is 0.748. The number of amides is 2. The maximum Gasteiger partial charge on any atom is 0.313 e. The van der Waals surface area contributed by atoms with Gasteiger partial charge in [-0.2, -0.15) is 0 Å². The molecule has 0 bridgehead atoms. The molecule has 5 nitrogen and oxygen atoms in total. The Balaban J connectivity index is 2.54. The second-order valence-electron chi connectivity index (χ2n) is 5.31. The van der Waals surface area contributed by atoms with Crippen LogP contribution in [0.3, 0.4) is 0 Å². The van der Waals surface area contributed by atoms with E-state index in [0.29, 0.717) is 0 Å². The van der Waals surface area contributed by atoms with Crippen molar-refractivity contribution in [2.75, 3.05) is 11.9 Å². The van der Waals surface area contributed by atoms with Crippen LogP contribution in [-0.2, 0) is 9.59 Å². The highest BCUT2D eigenvalue weighted by Gasteiger charge is 2.28. The van der Waals surface area contributed by atoms with Crippen LogP contribution in [0.2, 0.25) is 0 Å². The van der Waals surface area contributed by atoms with Crippen molar-refractivity contribution in [1.82, 2.24) is 5.32 Å². The van der Waals surface area contributed by atoms with Gasteiger partial charge in [0.05, 0.1) is 5.60 Å². The zero-order valence-electron chi connectivity index (χ0n) is 12.4. The number of hydrogen-bond acceptors (Lipinski definition) is 3. The minimum atomic E-state index is -1.09. The Morgan fingerprint density at radius 3 is 2.62 bits per heavy atom. The molecule has 116 valence electrons. The summed E-state index contributed by atoms with van der Waals surface area (Å²) in [6, 6.07) is 5.25. The predicted octanol–water partition coefficient (Wildman–Crippen LogP) is 1.68. The van der Waals surface area contributed by atoms with Crippen molar-refractivity contribution >= 4 is 17.5 Å². The Morgan fingerprint density at radius 2 is 2.05 bits per heavy atom. The van der Waals surface area contributed by atoms with Crippen molar-refractivity contribution in [3.8, 4) is 0 Å². The normalized spacial score (nSPS) is 14.9. The number of carbonyl (C=O) groups is 2. The van der Waals surface area contributed by atoms with E-state index in [2.05, 4.69) is 10.6 Å². The molecule has 1 aromatic carbocycles. The fraction of sp³-hybridized carbons (Fsp3) is 0.467. The van der Waals surface area contributed by atoms with Gasteiger partial charge in [0, 0.05) is 12.2 Å². The van der Waals surface area contributed by atoms with Crippen molar-refractivity contribution in [3.63, 3.8) is 0 Å². The molecular weight excluding hydrogens is 275 g/mol. The van der Waals surface area contributed by atoms with E-state index in [-0.39, 0.29) is 18.2 Å². The molecule has 21 heavy (non-hydrogen) atoms. The van der Waals surface area contributed by atoms with Crippen LogP contribution >= 0.6 is 0 Å². The van der Waals surface area contributed by atoms with Gasteiger partial charge in [-0.15, -0.1) is 0 Å². The minimum absolute atomic E-state index is 0.0240. The smallest absolute Gasteiger partial charge is 0.313 e. The van der Waals surface area contributed by atoms with E-state index in [1.165, 1.54) is 18.2 Å². The lowest BCUT2D eigenvalue weighted by molar-refractivity contribution is -0.137. The minimum Gasteiger partial charge on any atom is -0.388 e. The van der Waals surface area contributed by atoms with Crippen molar-refractivity contribution < 1.29 is 19.1 Å². The van der Waals surface area contributed by atoms with E-state index in [4.69, 9.17) is 0 Å². The van der Waals surface area contributed by atoms with Crippen LogP contribution in [0.25, 0.3) is 0 Å². The second kappa shape index (κ2) is 7.17. The topological polar surface area (TPSA) is 78.4 Å². The van der Waals surface area contributed by atoms with Gasteiger partial charge in [0.2, 0.25) is 0 Å². The van der Waals surface area contributed by atoms with Gasteiger partial charge in [-0.3, -0.25) is 9.59 Å². The van der Waals surface area contributed by atoms with Crippen molar-refractivity contribution in [1.29, 1.82) is 0 Å². The molecule has 0 aliphatic heterocycles. The highest BCUT2D eigenvalue weighted by Crippen LogP contribution is 2.18. The van der Waals surface area contributed by atoms with E-state index >= 15 is 0 Å².